The van der Waals surface area contributed by atoms with Crippen molar-refractivity contribution in [1.29, 1.82) is 0 Å². The molecule has 0 N–H and O–H groups in total. The molecule has 0 bridgehead atoms. The van der Waals surface area contributed by atoms with Crippen LogP contribution in [0.25, 0.3) is 0 Å². The molecule has 1 amide bonds. The highest BCUT2D eigenvalue weighted by Crippen LogP contribution is 2.20. The average Bonchev–Trinajstić information content (AvgIpc) is 2.71. The molecule has 2 aromatic rings. The third-order valence-electron chi connectivity index (χ3n) is 4.11. The zero-order valence-electron chi connectivity index (χ0n) is 16.1. The van der Waals surface area contributed by atoms with Gasteiger partial charge in [0, 0.05) is 18.7 Å². The van der Waals surface area contributed by atoms with E-state index in [1.165, 1.54) is 36.3 Å². The Morgan fingerprint density at radius 1 is 1.03 bits per heavy atom. The molecular formula is C21H22F3NO4. The van der Waals surface area contributed by atoms with Crippen LogP contribution < -0.4 is 4.74 Å². The molecular weight excluding hydrogens is 387 g/mol. The lowest BCUT2D eigenvalue weighted by Gasteiger charge is -2.25. The first kappa shape index (κ1) is 22.3. The molecule has 2 rings (SSSR count). The Hall–Kier alpha value is -3.03. The number of hydrogen-bond donors (Lipinski definition) is 0. The van der Waals surface area contributed by atoms with Gasteiger partial charge in [-0.25, -0.2) is 0 Å². The van der Waals surface area contributed by atoms with Crippen LogP contribution in [-0.2, 0) is 16.1 Å². The third-order valence-corrected chi connectivity index (χ3v) is 4.11. The summed E-state index contributed by atoms with van der Waals surface area (Å²) >= 11 is 0. The van der Waals surface area contributed by atoms with E-state index < -0.39 is 24.7 Å². The number of nitrogens with zero attached hydrogens (tertiary/aromatic N) is 1. The van der Waals surface area contributed by atoms with E-state index in [0.29, 0.717) is 0 Å². The summed E-state index contributed by atoms with van der Waals surface area (Å²) < 4.78 is 46.2. The summed E-state index contributed by atoms with van der Waals surface area (Å²) in [6.07, 6.45) is -4.44. The lowest BCUT2D eigenvalue weighted by Crippen LogP contribution is -2.36. The number of alkyl halides is 3. The summed E-state index contributed by atoms with van der Waals surface area (Å²) in [5.41, 5.74) is 1.15. The van der Waals surface area contributed by atoms with Crippen molar-refractivity contribution in [2.45, 2.75) is 19.6 Å². The van der Waals surface area contributed by atoms with Crippen LogP contribution in [0.1, 0.15) is 22.8 Å². The SMILES string of the molecule is COC(=O)C(C)CN(Cc1ccccc1)C(=O)c1ccc(OCC(F)(F)F)cc1. The summed E-state index contributed by atoms with van der Waals surface area (Å²) in [6.45, 7) is 0.655. The van der Waals surface area contributed by atoms with E-state index in [2.05, 4.69) is 4.74 Å². The van der Waals surface area contributed by atoms with Gasteiger partial charge in [-0.1, -0.05) is 37.3 Å². The number of benzene rings is 2. The smallest absolute Gasteiger partial charge is 0.422 e. The molecule has 8 heteroatoms. The van der Waals surface area contributed by atoms with Crippen molar-refractivity contribution in [2.24, 2.45) is 5.92 Å². The van der Waals surface area contributed by atoms with Gasteiger partial charge in [0.2, 0.25) is 0 Å². The molecule has 0 fully saturated rings. The first-order valence-electron chi connectivity index (χ1n) is 8.90. The first-order chi connectivity index (χ1) is 13.7. The number of ether oxygens (including phenoxy) is 2. The number of amides is 1. The van der Waals surface area contributed by atoms with E-state index in [1.54, 1.807) is 6.92 Å². The molecule has 0 saturated carbocycles. The van der Waals surface area contributed by atoms with Gasteiger partial charge in [0.25, 0.3) is 5.91 Å². The maximum absolute atomic E-state index is 13.0. The molecule has 0 heterocycles. The quantitative estimate of drug-likeness (QED) is 0.617. The molecule has 2 aromatic carbocycles. The van der Waals surface area contributed by atoms with E-state index in [1.807, 2.05) is 30.3 Å². The fourth-order valence-electron chi connectivity index (χ4n) is 2.67. The van der Waals surface area contributed by atoms with E-state index in [-0.39, 0.29) is 30.3 Å². The van der Waals surface area contributed by atoms with Crippen molar-refractivity contribution in [3.05, 3.63) is 65.7 Å². The van der Waals surface area contributed by atoms with Crippen molar-refractivity contribution < 1.29 is 32.2 Å². The summed E-state index contributed by atoms with van der Waals surface area (Å²) in [7, 11) is 1.28. The van der Waals surface area contributed by atoms with E-state index in [0.717, 1.165) is 5.56 Å². The number of hydrogen-bond acceptors (Lipinski definition) is 4. The van der Waals surface area contributed by atoms with Crippen LogP contribution in [0.2, 0.25) is 0 Å². The van der Waals surface area contributed by atoms with Gasteiger partial charge in [-0.15, -0.1) is 0 Å². The van der Waals surface area contributed by atoms with Gasteiger partial charge < -0.3 is 14.4 Å². The van der Waals surface area contributed by atoms with Crippen LogP contribution in [-0.4, -0.2) is 43.2 Å². The van der Waals surface area contributed by atoms with Gasteiger partial charge >= 0.3 is 12.1 Å². The molecule has 1 atom stereocenters. The fraction of sp³-hybridized carbons (Fsp3) is 0.333. The van der Waals surface area contributed by atoms with Crippen molar-refractivity contribution in [1.82, 2.24) is 4.90 Å². The highest BCUT2D eigenvalue weighted by molar-refractivity contribution is 5.94. The minimum absolute atomic E-state index is 0.0106. The Bertz CT molecular complexity index is 807. The summed E-state index contributed by atoms with van der Waals surface area (Å²) in [6, 6.07) is 14.7. The largest absolute Gasteiger partial charge is 0.484 e. The Labute approximate surface area is 167 Å². The number of carbonyl (C=O) groups excluding carboxylic acids is 2. The van der Waals surface area contributed by atoms with E-state index in [9.17, 15) is 22.8 Å². The lowest BCUT2D eigenvalue weighted by molar-refractivity contribution is -0.153. The average molecular weight is 409 g/mol. The Balaban J connectivity index is 2.16. The number of rotatable bonds is 8. The molecule has 0 radical (unpaired) electrons. The van der Waals surface area contributed by atoms with E-state index in [4.69, 9.17) is 4.74 Å². The number of halogens is 3. The number of esters is 1. The molecule has 1 unspecified atom stereocenters. The number of methoxy groups -OCH3 is 1. The molecule has 156 valence electrons. The molecule has 0 aliphatic carbocycles. The highest BCUT2D eigenvalue weighted by atomic mass is 19.4. The molecule has 0 spiro atoms. The maximum atomic E-state index is 13.0. The maximum Gasteiger partial charge on any atom is 0.422 e. The minimum atomic E-state index is -4.44. The Kier molecular flexibility index (Phi) is 7.64. The van der Waals surface area contributed by atoms with Gasteiger partial charge in [0.15, 0.2) is 6.61 Å². The molecule has 29 heavy (non-hydrogen) atoms. The Morgan fingerprint density at radius 3 is 2.21 bits per heavy atom. The second-order valence-corrected chi connectivity index (χ2v) is 6.52. The van der Waals surface area contributed by atoms with Crippen molar-refractivity contribution in [3.8, 4) is 5.75 Å². The predicted octanol–water partition coefficient (Wildman–Crippen LogP) is 4.08. The van der Waals surface area contributed by atoms with Gasteiger partial charge in [0.05, 0.1) is 13.0 Å². The van der Waals surface area contributed by atoms with Gasteiger partial charge in [-0.05, 0) is 29.8 Å². The van der Waals surface area contributed by atoms with Crippen molar-refractivity contribution in [3.63, 3.8) is 0 Å². The van der Waals surface area contributed by atoms with E-state index >= 15 is 0 Å². The van der Waals surface area contributed by atoms with Crippen molar-refractivity contribution in [2.75, 3.05) is 20.3 Å². The van der Waals surface area contributed by atoms with Crippen LogP contribution >= 0.6 is 0 Å². The predicted molar refractivity (Wildman–Crippen MR) is 100 cm³/mol. The van der Waals surface area contributed by atoms with Crippen LogP contribution in [0.4, 0.5) is 13.2 Å². The second-order valence-electron chi connectivity index (χ2n) is 6.52. The second kappa shape index (κ2) is 9.95. The zero-order valence-corrected chi connectivity index (χ0v) is 16.1. The van der Waals surface area contributed by atoms with Gasteiger partial charge in [0.1, 0.15) is 5.75 Å². The lowest BCUT2D eigenvalue weighted by atomic mass is 10.1. The standard InChI is InChI=1S/C21H22F3NO4/c1-15(20(27)28-2)12-25(13-16-6-4-3-5-7-16)19(26)17-8-10-18(11-9-17)29-14-21(22,23)24/h3-11,15H,12-14H2,1-2H3. The van der Waals surface area contributed by atoms with Gasteiger partial charge in [-0.2, -0.15) is 13.2 Å². The number of carbonyl (C=O) groups is 2. The molecule has 0 aliphatic rings. The minimum Gasteiger partial charge on any atom is -0.484 e. The van der Waals surface area contributed by atoms with Crippen LogP contribution in [0.3, 0.4) is 0 Å². The summed E-state index contributed by atoms with van der Waals surface area (Å²) in [5.74, 6) is -1.32. The summed E-state index contributed by atoms with van der Waals surface area (Å²) in [5, 5.41) is 0. The summed E-state index contributed by atoms with van der Waals surface area (Å²) in [4.78, 5) is 26.3. The zero-order chi connectivity index (χ0) is 21.4. The fourth-order valence-corrected chi connectivity index (χ4v) is 2.67. The van der Waals surface area contributed by atoms with Crippen LogP contribution in [0.15, 0.2) is 54.6 Å². The molecule has 0 aromatic heterocycles. The normalized spacial score (nSPS) is 12.2. The molecule has 5 nitrogen and oxygen atoms in total. The molecule has 0 saturated heterocycles. The Morgan fingerprint density at radius 2 is 1.66 bits per heavy atom. The topological polar surface area (TPSA) is 55.8 Å². The first-order valence-corrected chi connectivity index (χ1v) is 8.90. The van der Waals surface area contributed by atoms with Crippen LogP contribution in [0.5, 0.6) is 5.75 Å². The van der Waals surface area contributed by atoms with Crippen LogP contribution in [0, 0.1) is 5.92 Å². The molecule has 0 aliphatic heterocycles. The van der Waals surface area contributed by atoms with Crippen molar-refractivity contribution >= 4 is 11.9 Å². The van der Waals surface area contributed by atoms with Gasteiger partial charge in [-0.3, -0.25) is 9.59 Å². The highest BCUT2D eigenvalue weighted by Gasteiger charge is 2.28. The third kappa shape index (κ3) is 7.14. The monoisotopic (exact) mass is 409 g/mol.